The highest BCUT2D eigenvalue weighted by atomic mass is 16.7. The third-order valence-electron chi connectivity index (χ3n) is 2.84. The number of ether oxygens (including phenoxy) is 3. The fourth-order valence-corrected chi connectivity index (χ4v) is 1.83. The minimum absolute atomic E-state index is 0.0379. The number of hydrogen-bond donors (Lipinski definition) is 0. The summed E-state index contributed by atoms with van der Waals surface area (Å²) in [6.45, 7) is 8.58. The Hall–Kier alpha value is -0.610. The van der Waals surface area contributed by atoms with Crippen LogP contribution in [-0.4, -0.2) is 31.6 Å². The molecule has 1 rings (SSSR count). The second kappa shape index (κ2) is 5.47. The quantitative estimate of drug-likeness (QED) is 0.669. The number of carbonyl (C=O) groups is 1. The van der Waals surface area contributed by atoms with Gasteiger partial charge < -0.3 is 14.2 Å². The van der Waals surface area contributed by atoms with Crippen LogP contribution in [0.5, 0.6) is 0 Å². The van der Waals surface area contributed by atoms with Crippen LogP contribution in [0.1, 0.15) is 27.7 Å². The molecule has 88 valence electrons. The van der Waals surface area contributed by atoms with Crippen LogP contribution in [0, 0.1) is 11.8 Å². The predicted octanol–water partition coefficient (Wildman–Crippen LogP) is 1.58. The SMILES string of the molecule is CCOC(=O)[C@H]1[C@H](OCC)O[C@H](C)[C@H]1C. The lowest BCUT2D eigenvalue weighted by Crippen LogP contribution is -2.31. The van der Waals surface area contributed by atoms with E-state index in [4.69, 9.17) is 14.2 Å². The summed E-state index contributed by atoms with van der Waals surface area (Å²) >= 11 is 0. The second-order valence-electron chi connectivity index (χ2n) is 3.80. The monoisotopic (exact) mass is 216 g/mol. The minimum Gasteiger partial charge on any atom is -0.466 e. The summed E-state index contributed by atoms with van der Waals surface area (Å²) in [6, 6.07) is 0. The molecule has 0 N–H and O–H groups in total. The molecule has 0 aromatic rings. The fourth-order valence-electron chi connectivity index (χ4n) is 1.83. The van der Waals surface area contributed by atoms with Gasteiger partial charge in [-0.3, -0.25) is 4.79 Å². The minimum atomic E-state index is -0.445. The van der Waals surface area contributed by atoms with Crippen LogP contribution in [0.4, 0.5) is 0 Å². The predicted molar refractivity (Wildman–Crippen MR) is 55.2 cm³/mol. The van der Waals surface area contributed by atoms with Gasteiger partial charge in [0.1, 0.15) is 5.92 Å². The standard InChI is InChI=1S/C11H20O4/c1-5-13-10(12)9-7(3)8(4)15-11(9)14-6-2/h7-9,11H,5-6H2,1-4H3/t7-,8-,9+,11-/m1/s1. The van der Waals surface area contributed by atoms with E-state index < -0.39 is 6.29 Å². The molecule has 1 heterocycles. The Morgan fingerprint density at radius 3 is 2.47 bits per heavy atom. The summed E-state index contributed by atoms with van der Waals surface area (Å²) in [5, 5.41) is 0. The van der Waals surface area contributed by atoms with E-state index in [1.54, 1.807) is 6.92 Å². The van der Waals surface area contributed by atoms with Gasteiger partial charge in [-0.25, -0.2) is 0 Å². The molecule has 0 bridgehead atoms. The molecule has 0 unspecified atom stereocenters. The van der Waals surface area contributed by atoms with Crippen molar-refractivity contribution >= 4 is 5.97 Å². The molecule has 4 atom stereocenters. The summed E-state index contributed by atoms with van der Waals surface area (Å²) < 4.78 is 16.0. The van der Waals surface area contributed by atoms with Crippen LogP contribution in [0.3, 0.4) is 0 Å². The summed E-state index contributed by atoms with van der Waals surface area (Å²) in [6.07, 6.45) is -0.407. The zero-order valence-corrected chi connectivity index (χ0v) is 9.86. The van der Waals surface area contributed by atoms with Crippen LogP contribution >= 0.6 is 0 Å². The molecular weight excluding hydrogens is 196 g/mol. The smallest absolute Gasteiger partial charge is 0.314 e. The van der Waals surface area contributed by atoms with Crippen LogP contribution in [-0.2, 0) is 19.0 Å². The molecule has 1 aliphatic heterocycles. The highest BCUT2D eigenvalue weighted by Crippen LogP contribution is 2.33. The van der Waals surface area contributed by atoms with Crippen molar-refractivity contribution in [3.8, 4) is 0 Å². The third kappa shape index (κ3) is 2.69. The third-order valence-corrected chi connectivity index (χ3v) is 2.84. The molecule has 4 heteroatoms. The number of carbonyl (C=O) groups excluding carboxylic acids is 1. The Morgan fingerprint density at radius 1 is 1.27 bits per heavy atom. The number of rotatable bonds is 4. The molecule has 1 aliphatic rings. The molecule has 0 amide bonds. The Labute approximate surface area is 90.9 Å². The molecular formula is C11H20O4. The average molecular weight is 216 g/mol. The Morgan fingerprint density at radius 2 is 1.93 bits per heavy atom. The van der Waals surface area contributed by atoms with Gasteiger partial charge >= 0.3 is 5.97 Å². The van der Waals surface area contributed by atoms with Crippen molar-refractivity contribution < 1.29 is 19.0 Å². The molecule has 15 heavy (non-hydrogen) atoms. The van der Waals surface area contributed by atoms with E-state index in [1.807, 2.05) is 20.8 Å². The van der Waals surface area contributed by atoms with Crippen LogP contribution in [0.25, 0.3) is 0 Å². The van der Waals surface area contributed by atoms with Crippen LogP contribution < -0.4 is 0 Å². The number of esters is 1. The van der Waals surface area contributed by atoms with Gasteiger partial charge in [-0.2, -0.15) is 0 Å². The fraction of sp³-hybridized carbons (Fsp3) is 0.909. The van der Waals surface area contributed by atoms with E-state index in [1.165, 1.54) is 0 Å². The zero-order valence-electron chi connectivity index (χ0n) is 9.86. The molecule has 0 radical (unpaired) electrons. The maximum atomic E-state index is 11.7. The van der Waals surface area contributed by atoms with Crippen molar-refractivity contribution in [2.45, 2.75) is 40.1 Å². The molecule has 1 saturated heterocycles. The normalized spacial score (nSPS) is 35.5. The molecule has 0 aliphatic carbocycles. The van der Waals surface area contributed by atoms with Crippen molar-refractivity contribution in [1.29, 1.82) is 0 Å². The zero-order chi connectivity index (χ0) is 11.4. The Balaban J connectivity index is 2.67. The van der Waals surface area contributed by atoms with Crippen molar-refractivity contribution in [3.05, 3.63) is 0 Å². The Bertz CT molecular complexity index is 217. The van der Waals surface area contributed by atoms with Gasteiger partial charge in [-0.1, -0.05) is 6.92 Å². The van der Waals surface area contributed by atoms with E-state index in [2.05, 4.69) is 0 Å². The lowest BCUT2D eigenvalue weighted by molar-refractivity contribution is -0.172. The van der Waals surface area contributed by atoms with E-state index in [9.17, 15) is 4.79 Å². The highest BCUT2D eigenvalue weighted by Gasteiger charge is 2.45. The summed E-state index contributed by atoms with van der Waals surface area (Å²) in [5.41, 5.74) is 0. The van der Waals surface area contributed by atoms with Gasteiger partial charge in [0, 0.05) is 12.5 Å². The van der Waals surface area contributed by atoms with Crippen LogP contribution in [0.15, 0.2) is 0 Å². The van der Waals surface area contributed by atoms with Crippen molar-refractivity contribution in [3.63, 3.8) is 0 Å². The molecule has 0 aromatic heterocycles. The van der Waals surface area contributed by atoms with Crippen LogP contribution in [0.2, 0.25) is 0 Å². The largest absolute Gasteiger partial charge is 0.466 e. The van der Waals surface area contributed by atoms with Gasteiger partial charge in [-0.05, 0) is 20.8 Å². The van der Waals surface area contributed by atoms with Gasteiger partial charge in [0.25, 0.3) is 0 Å². The maximum absolute atomic E-state index is 11.7. The first-order chi connectivity index (χ1) is 7.11. The lowest BCUT2D eigenvalue weighted by Gasteiger charge is -2.18. The Kier molecular flexibility index (Phi) is 4.54. The molecule has 0 aromatic carbocycles. The van der Waals surface area contributed by atoms with Gasteiger partial charge in [0.15, 0.2) is 6.29 Å². The number of hydrogen-bond acceptors (Lipinski definition) is 4. The topological polar surface area (TPSA) is 44.8 Å². The first-order valence-electron chi connectivity index (χ1n) is 5.55. The molecule has 4 nitrogen and oxygen atoms in total. The summed E-state index contributed by atoms with van der Waals surface area (Å²) in [4.78, 5) is 11.7. The van der Waals surface area contributed by atoms with Crippen molar-refractivity contribution in [1.82, 2.24) is 0 Å². The van der Waals surface area contributed by atoms with Crippen molar-refractivity contribution in [2.75, 3.05) is 13.2 Å². The van der Waals surface area contributed by atoms with E-state index in [0.29, 0.717) is 13.2 Å². The lowest BCUT2D eigenvalue weighted by atomic mass is 9.92. The van der Waals surface area contributed by atoms with Gasteiger partial charge in [-0.15, -0.1) is 0 Å². The molecule has 0 spiro atoms. The summed E-state index contributed by atoms with van der Waals surface area (Å²) in [7, 11) is 0. The van der Waals surface area contributed by atoms with Crippen molar-refractivity contribution in [2.24, 2.45) is 11.8 Å². The van der Waals surface area contributed by atoms with Gasteiger partial charge in [0.05, 0.1) is 12.7 Å². The van der Waals surface area contributed by atoms with E-state index in [-0.39, 0.29) is 23.9 Å². The first kappa shape index (κ1) is 12.5. The van der Waals surface area contributed by atoms with E-state index >= 15 is 0 Å². The first-order valence-corrected chi connectivity index (χ1v) is 5.55. The highest BCUT2D eigenvalue weighted by molar-refractivity contribution is 5.73. The summed E-state index contributed by atoms with van der Waals surface area (Å²) in [5.74, 6) is -0.367. The maximum Gasteiger partial charge on any atom is 0.314 e. The molecule has 1 fully saturated rings. The van der Waals surface area contributed by atoms with Gasteiger partial charge in [0.2, 0.25) is 0 Å². The van der Waals surface area contributed by atoms with E-state index in [0.717, 1.165) is 0 Å². The average Bonchev–Trinajstić information content (AvgIpc) is 2.44. The molecule has 0 saturated carbocycles. The second-order valence-corrected chi connectivity index (χ2v) is 3.80.